The lowest BCUT2D eigenvalue weighted by molar-refractivity contribution is -0.147. The normalized spacial score (nSPS) is 12.5. The van der Waals surface area contributed by atoms with Gasteiger partial charge in [-0.2, -0.15) is 0 Å². The molecule has 0 fully saturated rings. The fourth-order valence-electron chi connectivity index (χ4n) is 3.36. The van der Waals surface area contributed by atoms with E-state index in [1.165, 1.54) is 0 Å². The Morgan fingerprint density at radius 3 is 2.05 bits per heavy atom. The van der Waals surface area contributed by atoms with Crippen molar-refractivity contribution in [2.75, 3.05) is 13.1 Å². The molecule has 0 saturated carbocycles. The van der Waals surface area contributed by atoms with E-state index in [1.807, 2.05) is 60.7 Å². The molecule has 0 heterocycles. The van der Waals surface area contributed by atoms with Gasteiger partial charge in [0.15, 0.2) is 0 Å². The van der Waals surface area contributed by atoms with Crippen LogP contribution in [0.4, 0.5) is 4.79 Å². The standard InChI is InChI=1S/C28H37N3O6/c1-20(15-25(33)36-19-22-13-9-6-10-14-22)26(34)29-17-23(16-21-11-7-5-8-12-21)31-24(32)18-30-27(35)37-28(2,3)4/h5-14,20,23H,15-19H2,1-4H3,(H,29,34)(H,30,35)(H,31,32)/t20-,23-/m0/s1. The molecule has 3 amide bonds. The zero-order valence-electron chi connectivity index (χ0n) is 21.9. The maximum Gasteiger partial charge on any atom is 0.408 e. The van der Waals surface area contributed by atoms with E-state index >= 15 is 0 Å². The molecule has 200 valence electrons. The van der Waals surface area contributed by atoms with E-state index in [1.54, 1.807) is 27.7 Å². The molecule has 9 nitrogen and oxygen atoms in total. The number of nitrogens with one attached hydrogen (secondary N) is 3. The Bertz CT molecular complexity index is 1020. The second-order valence-electron chi connectivity index (χ2n) is 9.81. The quantitative estimate of drug-likeness (QED) is 0.376. The molecule has 0 saturated heterocycles. The van der Waals surface area contributed by atoms with Gasteiger partial charge in [-0.1, -0.05) is 67.6 Å². The largest absolute Gasteiger partial charge is 0.461 e. The first kappa shape index (κ1) is 29.4. The van der Waals surface area contributed by atoms with E-state index in [9.17, 15) is 19.2 Å². The van der Waals surface area contributed by atoms with E-state index in [-0.39, 0.29) is 32.0 Å². The van der Waals surface area contributed by atoms with Crippen LogP contribution >= 0.6 is 0 Å². The molecule has 2 aromatic rings. The first-order valence-electron chi connectivity index (χ1n) is 12.3. The van der Waals surface area contributed by atoms with Crippen LogP contribution in [-0.2, 0) is 36.9 Å². The lowest BCUT2D eigenvalue weighted by Gasteiger charge is -2.22. The van der Waals surface area contributed by atoms with Crippen LogP contribution in [0, 0.1) is 5.92 Å². The molecule has 2 atom stereocenters. The van der Waals surface area contributed by atoms with Crippen molar-refractivity contribution < 1.29 is 28.7 Å². The van der Waals surface area contributed by atoms with Gasteiger partial charge in [0.05, 0.1) is 12.5 Å². The average Bonchev–Trinajstić information content (AvgIpc) is 2.85. The minimum absolute atomic E-state index is 0.0613. The van der Waals surface area contributed by atoms with Crippen LogP contribution in [0.5, 0.6) is 0 Å². The van der Waals surface area contributed by atoms with Gasteiger partial charge >= 0.3 is 12.1 Å². The summed E-state index contributed by atoms with van der Waals surface area (Å²) in [4.78, 5) is 49.1. The summed E-state index contributed by atoms with van der Waals surface area (Å²) in [5.74, 6) is -1.81. The summed E-state index contributed by atoms with van der Waals surface area (Å²) in [5.41, 5.74) is 1.17. The average molecular weight is 512 g/mol. The molecule has 0 unspecified atom stereocenters. The number of carbonyl (C=O) groups is 4. The molecule has 37 heavy (non-hydrogen) atoms. The maximum absolute atomic E-state index is 12.6. The van der Waals surface area contributed by atoms with Crippen molar-refractivity contribution in [3.8, 4) is 0 Å². The van der Waals surface area contributed by atoms with Crippen molar-refractivity contribution >= 4 is 23.9 Å². The summed E-state index contributed by atoms with van der Waals surface area (Å²) in [5, 5.41) is 8.08. The topological polar surface area (TPSA) is 123 Å². The van der Waals surface area contributed by atoms with Crippen LogP contribution in [0.15, 0.2) is 60.7 Å². The summed E-state index contributed by atoms with van der Waals surface area (Å²) >= 11 is 0. The molecule has 2 rings (SSSR count). The van der Waals surface area contributed by atoms with Gasteiger partial charge in [-0.15, -0.1) is 0 Å². The molecule has 0 radical (unpaired) electrons. The number of carbonyl (C=O) groups excluding carboxylic acids is 4. The first-order valence-corrected chi connectivity index (χ1v) is 12.3. The van der Waals surface area contributed by atoms with Gasteiger partial charge < -0.3 is 25.4 Å². The van der Waals surface area contributed by atoms with Gasteiger partial charge in [0.1, 0.15) is 18.8 Å². The van der Waals surface area contributed by atoms with E-state index in [4.69, 9.17) is 9.47 Å². The molecule has 0 aliphatic heterocycles. The number of benzene rings is 2. The molecule has 3 N–H and O–H groups in total. The number of hydrogen-bond donors (Lipinski definition) is 3. The predicted octanol–water partition coefficient (Wildman–Crippen LogP) is 3.12. The second-order valence-corrected chi connectivity index (χ2v) is 9.81. The minimum atomic E-state index is -0.691. The van der Waals surface area contributed by atoms with Gasteiger partial charge in [-0.3, -0.25) is 14.4 Å². The number of amides is 3. The van der Waals surface area contributed by atoms with Crippen molar-refractivity contribution in [3.05, 3.63) is 71.8 Å². The molecule has 9 heteroatoms. The van der Waals surface area contributed by atoms with Gasteiger partial charge in [-0.05, 0) is 38.3 Å². The molecule has 2 aromatic carbocycles. The van der Waals surface area contributed by atoms with Crippen molar-refractivity contribution in [2.45, 2.75) is 58.8 Å². The van der Waals surface area contributed by atoms with Gasteiger partial charge in [0, 0.05) is 12.5 Å². The summed E-state index contributed by atoms with van der Waals surface area (Å²) < 4.78 is 10.4. The predicted molar refractivity (Wildman–Crippen MR) is 139 cm³/mol. The van der Waals surface area contributed by atoms with E-state index in [0.29, 0.717) is 6.42 Å². The van der Waals surface area contributed by atoms with E-state index in [2.05, 4.69) is 16.0 Å². The monoisotopic (exact) mass is 511 g/mol. The van der Waals surface area contributed by atoms with Gasteiger partial charge in [-0.25, -0.2) is 4.79 Å². The summed E-state index contributed by atoms with van der Waals surface area (Å²) in [7, 11) is 0. The lowest BCUT2D eigenvalue weighted by atomic mass is 10.0. The van der Waals surface area contributed by atoms with Crippen LogP contribution in [0.25, 0.3) is 0 Å². The Morgan fingerprint density at radius 2 is 1.46 bits per heavy atom. The third-order valence-electron chi connectivity index (χ3n) is 5.17. The van der Waals surface area contributed by atoms with E-state index < -0.39 is 35.5 Å². The van der Waals surface area contributed by atoms with Crippen LogP contribution in [0.2, 0.25) is 0 Å². The Hall–Kier alpha value is -3.88. The molecular formula is C28H37N3O6. The van der Waals surface area contributed by atoms with Crippen LogP contribution in [0.1, 0.15) is 45.2 Å². The highest BCUT2D eigenvalue weighted by Crippen LogP contribution is 2.09. The third kappa shape index (κ3) is 12.6. The Kier molecular flexibility index (Phi) is 11.6. The summed E-state index contributed by atoms with van der Waals surface area (Å²) in [6.07, 6.45) is -0.287. The highest BCUT2D eigenvalue weighted by Gasteiger charge is 2.21. The Morgan fingerprint density at radius 1 is 0.865 bits per heavy atom. The number of esters is 1. The number of hydrogen-bond acceptors (Lipinski definition) is 6. The van der Waals surface area contributed by atoms with Crippen LogP contribution in [-0.4, -0.2) is 48.6 Å². The van der Waals surface area contributed by atoms with Crippen molar-refractivity contribution in [2.24, 2.45) is 5.92 Å². The molecule has 0 aliphatic carbocycles. The second kappa shape index (κ2) is 14.6. The highest BCUT2D eigenvalue weighted by atomic mass is 16.6. The Labute approximate surface area is 218 Å². The molecular weight excluding hydrogens is 474 g/mol. The smallest absolute Gasteiger partial charge is 0.408 e. The zero-order valence-corrected chi connectivity index (χ0v) is 21.9. The highest BCUT2D eigenvalue weighted by molar-refractivity contribution is 5.84. The SMILES string of the molecule is C[C@@H](CC(=O)OCc1ccccc1)C(=O)NC[C@H](Cc1ccccc1)NC(=O)CNC(=O)OC(C)(C)C. The van der Waals surface area contributed by atoms with Crippen molar-refractivity contribution in [1.82, 2.24) is 16.0 Å². The molecule has 0 spiro atoms. The minimum Gasteiger partial charge on any atom is -0.461 e. The maximum atomic E-state index is 12.6. The Balaban J connectivity index is 1.85. The van der Waals surface area contributed by atoms with Gasteiger partial charge in [0.25, 0.3) is 0 Å². The number of alkyl carbamates (subject to hydrolysis) is 1. The van der Waals surface area contributed by atoms with Crippen LogP contribution in [0.3, 0.4) is 0 Å². The third-order valence-corrected chi connectivity index (χ3v) is 5.17. The molecule has 0 aromatic heterocycles. The number of rotatable bonds is 12. The van der Waals surface area contributed by atoms with Crippen molar-refractivity contribution in [1.29, 1.82) is 0 Å². The lowest BCUT2D eigenvalue weighted by Crippen LogP contribution is -2.49. The van der Waals surface area contributed by atoms with Crippen molar-refractivity contribution in [3.63, 3.8) is 0 Å². The fourth-order valence-corrected chi connectivity index (χ4v) is 3.36. The molecule has 0 aliphatic rings. The van der Waals surface area contributed by atoms with Crippen LogP contribution < -0.4 is 16.0 Å². The number of ether oxygens (including phenoxy) is 2. The summed E-state index contributed by atoms with van der Waals surface area (Å²) in [6, 6.07) is 18.4. The van der Waals surface area contributed by atoms with E-state index in [0.717, 1.165) is 11.1 Å². The summed E-state index contributed by atoms with van der Waals surface area (Å²) in [6.45, 7) is 6.87. The first-order chi connectivity index (χ1) is 17.5. The zero-order chi connectivity index (χ0) is 27.3. The van der Waals surface area contributed by atoms with Gasteiger partial charge in [0.2, 0.25) is 11.8 Å². The molecule has 0 bridgehead atoms. The fraction of sp³-hybridized carbons (Fsp3) is 0.429.